The first-order valence-corrected chi connectivity index (χ1v) is 11.6. The second-order valence-corrected chi connectivity index (χ2v) is 9.10. The summed E-state index contributed by atoms with van der Waals surface area (Å²) in [5, 5.41) is 9.39. The third-order valence-corrected chi connectivity index (χ3v) is 7.20. The highest BCUT2D eigenvalue weighted by atomic mass is 35.5. The third-order valence-electron chi connectivity index (χ3n) is 6.37. The number of aromatic amines is 1. The molecular formula is C26H23Cl2N5. The van der Waals surface area contributed by atoms with Crippen LogP contribution >= 0.6 is 23.2 Å². The van der Waals surface area contributed by atoms with Gasteiger partial charge in [0.1, 0.15) is 0 Å². The van der Waals surface area contributed by atoms with Crippen molar-refractivity contribution in [1.82, 2.24) is 9.88 Å². The maximum Gasteiger partial charge on any atom is 0.0775 e. The summed E-state index contributed by atoms with van der Waals surface area (Å²) in [6, 6.07) is 22.6. The van der Waals surface area contributed by atoms with Crippen LogP contribution in [0.5, 0.6) is 0 Å². The lowest BCUT2D eigenvalue weighted by Crippen LogP contribution is -2.35. The average molecular weight is 476 g/mol. The molecule has 0 saturated heterocycles. The van der Waals surface area contributed by atoms with E-state index >= 15 is 0 Å². The zero-order valence-corrected chi connectivity index (χ0v) is 19.7. The molecule has 7 heteroatoms. The van der Waals surface area contributed by atoms with Crippen LogP contribution in [0.1, 0.15) is 40.9 Å². The van der Waals surface area contributed by atoms with E-state index < -0.39 is 0 Å². The summed E-state index contributed by atoms with van der Waals surface area (Å²) in [5.41, 5.74) is 14.5. The fourth-order valence-electron chi connectivity index (χ4n) is 4.76. The predicted molar refractivity (Wildman–Crippen MR) is 135 cm³/mol. The summed E-state index contributed by atoms with van der Waals surface area (Å²) < 4.78 is 0. The van der Waals surface area contributed by atoms with Crippen LogP contribution in [0.4, 0.5) is 0 Å². The molecular weight excluding hydrogens is 453 g/mol. The van der Waals surface area contributed by atoms with Crippen molar-refractivity contribution in [2.45, 2.75) is 25.9 Å². The van der Waals surface area contributed by atoms with Crippen molar-refractivity contribution in [2.75, 3.05) is 6.54 Å². The molecule has 166 valence electrons. The Morgan fingerprint density at radius 3 is 2.64 bits per heavy atom. The maximum absolute atomic E-state index is 6.94. The quantitative estimate of drug-likeness (QED) is 0.176. The van der Waals surface area contributed by atoms with Crippen LogP contribution < -0.4 is 0 Å². The lowest BCUT2D eigenvalue weighted by atomic mass is 9.91. The first kappa shape index (κ1) is 21.8. The zero-order valence-electron chi connectivity index (χ0n) is 18.1. The van der Waals surface area contributed by atoms with Gasteiger partial charge < -0.3 is 4.98 Å². The van der Waals surface area contributed by atoms with Gasteiger partial charge in [-0.05, 0) is 47.7 Å². The largest absolute Gasteiger partial charge is 0.357 e. The van der Waals surface area contributed by atoms with Crippen molar-refractivity contribution in [3.05, 3.63) is 105 Å². The molecule has 0 bridgehead atoms. The Morgan fingerprint density at radius 1 is 1.06 bits per heavy atom. The summed E-state index contributed by atoms with van der Waals surface area (Å²) >= 11 is 13.2. The molecule has 2 N–H and O–H groups in total. The summed E-state index contributed by atoms with van der Waals surface area (Å²) in [5.74, 6) is 0. The van der Waals surface area contributed by atoms with E-state index in [9.17, 15) is 0 Å². The Balaban J connectivity index is 1.56. The van der Waals surface area contributed by atoms with Gasteiger partial charge in [0, 0.05) is 29.7 Å². The molecule has 1 aromatic heterocycles. The molecule has 0 amide bonds. The minimum atomic E-state index is -0.0301. The SMILES string of the molecule is C/C(=N\N=N)c1ccc(CN2CCc3c([nH]c4ccccc34)C2c2cccc(Cl)c2Cl)cc1. The van der Waals surface area contributed by atoms with E-state index in [-0.39, 0.29) is 6.04 Å². The molecule has 0 fully saturated rings. The summed E-state index contributed by atoms with van der Waals surface area (Å²) in [7, 11) is 0. The first-order valence-electron chi connectivity index (χ1n) is 10.8. The third kappa shape index (κ3) is 4.08. The molecule has 0 radical (unpaired) electrons. The highest BCUT2D eigenvalue weighted by molar-refractivity contribution is 6.42. The van der Waals surface area contributed by atoms with Gasteiger partial charge in [-0.15, -0.1) is 5.10 Å². The molecule has 1 aliphatic rings. The van der Waals surface area contributed by atoms with Crippen molar-refractivity contribution in [3.8, 4) is 0 Å². The number of nitrogens with one attached hydrogen (secondary N) is 2. The van der Waals surface area contributed by atoms with E-state index in [1.54, 1.807) is 0 Å². The Bertz CT molecular complexity index is 1360. The second-order valence-electron chi connectivity index (χ2n) is 8.31. The smallest absolute Gasteiger partial charge is 0.0775 e. The Hall–Kier alpha value is -2.99. The summed E-state index contributed by atoms with van der Waals surface area (Å²) in [4.78, 5) is 6.13. The monoisotopic (exact) mass is 475 g/mol. The van der Waals surface area contributed by atoms with Gasteiger partial charge in [0.15, 0.2) is 0 Å². The molecule has 5 rings (SSSR count). The molecule has 0 spiro atoms. The van der Waals surface area contributed by atoms with E-state index in [0.717, 1.165) is 41.9 Å². The molecule has 4 aromatic rings. The van der Waals surface area contributed by atoms with Crippen molar-refractivity contribution in [1.29, 1.82) is 5.53 Å². The zero-order chi connectivity index (χ0) is 22.9. The first-order chi connectivity index (χ1) is 16.1. The number of nitrogens with zero attached hydrogens (tertiary/aromatic N) is 3. The fourth-order valence-corrected chi connectivity index (χ4v) is 5.17. The van der Waals surface area contributed by atoms with Gasteiger partial charge in [-0.25, -0.2) is 0 Å². The van der Waals surface area contributed by atoms with Crippen LogP contribution in [-0.2, 0) is 13.0 Å². The van der Waals surface area contributed by atoms with Crippen LogP contribution in [0.3, 0.4) is 0 Å². The summed E-state index contributed by atoms with van der Waals surface area (Å²) in [6.45, 7) is 3.52. The Kier molecular flexibility index (Phi) is 6.02. The van der Waals surface area contributed by atoms with E-state index in [2.05, 4.69) is 62.7 Å². The number of para-hydroxylation sites is 1. The Morgan fingerprint density at radius 2 is 1.85 bits per heavy atom. The molecule has 5 nitrogen and oxygen atoms in total. The molecule has 1 unspecified atom stereocenters. The average Bonchev–Trinajstić information content (AvgIpc) is 3.20. The number of H-pyrrole nitrogens is 1. The Labute approximate surface area is 202 Å². The molecule has 2 heterocycles. The van der Waals surface area contributed by atoms with Crippen LogP contribution in [0.2, 0.25) is 10.0 Å². The van der Waals surface area contributed by atoms with Crippen molar-refractivity contribution >= 4 is 39.8 Å². The van der Waals surface area contributed by atoms with Crippen LogP contribution in [0.25, 0.3) is 10.9 Å². The maximum atomic E-state index is 6.94. The minimum Gasteiger partial charge on any atom is -0.357 e. The fraction of sp³-hybridized carbons (Fsp3) is 0.192. The van der Waals surface area contributed by atoms with Crippen molar-refractivity contribution in [2.24, 2.45) is 10.3 Å². The standard InChI is InChI=1S/C26H23Cl2N5/c1-16(31-32-29)18-11-9-17(10-12-18)15-33-14-13-20-19-5-2-3-8-23(19)30-25(20)26(33)21-6-4-7-22(27)24(21)28/h2-12,26,29-30H,13-15H2,1H3/b31-16+,32-29?. The number of hydrogen-bond acceptors (Lipinski definition) is 3. The molecule has 1 atom stereocenters. The van der Waals surface area contributed by atoms with Gasteiger partial charge in [-0.3, -0.25) is 4.90 Å². The van der Waals surface area contributed by atoms with Gasteiger partial charge in [0.25, 0.3) is 0 Å². The van der Waals surface area contributed by atoms with Crippen LogP contribution in [0, 0.1) is 5.53 Å². The van der Waals surface area contributed by atoms with Crippen LogP contribution in [-0.4, -0.2) is 22.1 Å². The second kappa shape index (κ2) is 9.10. The number of aromatic nitrogens is 1. The van der Waals surface area contributed by atoms with E-state index in [1.807, 2.05) is 31.2 Å². The molecule has 0 saturated carbocycles. The minimum absolute atomic E-state index is 0.0301. The molecule has 0 aliphatic carbocycles. The predicted octanol–water partition coefficient (Wildman–Crippen LogP) is 7.38. The van der Waals surface area contributed by atoms with Crippen LogP contribution in [0.15, 0.2) is 77.1 Å². The normalized spacial score (nSPS) is 16.7. The lowest BCUT2D eigenvalue weighted by Gasteiger charge is -2.36. The highest BCUT2D eigenvalue weighted by Crippen LogP contribution is 2.42. The number of rotatable bonds is 5. The number of halogens is 2. The van der Waals surface area contributed by atoms with E-state index in [0.29, 0.717) is 10.0 Å². The van der Waals surface area contributed by atoms with Gasteiger partial charge in [-0.2, -0.15) is 5.53 Å². The van der Waals surface area contributed by atoms with Gasteiger partial charge >= 0.3 is 0 Å². The van der Waals surface area contributed by atoms with Gasteiger partial charge in [0.2, 0.25) is 0 Å². The van der Waals surface area contributed by atoms with Gasteiger partial charge in [-0.1, -0.05) is 83.0 Å². The van der Waals surface area contributed by atoms with Crippen molar-refractivity contribution in [3.63, 3.8) is 0 Å². The molecule has 1 aliphatic heterocycles. The number of hydrogen-bond donors (Lipinski definition) is 2. The molecule has 33 heavy (non-hydrogen) atoms. The number of fused-ring (bicyclic) bond motifs is 3. The van der Waals surface area contributed by atoms with E-state index in [4.69, 9.17) is 28.7 Å². The van der Waals surface area contributed by atoms with Crippen molar-refractivity contribution < 1.29 is 0 Å². The van der Waals surface area contributed by atoms with Gasteiger partial charge in [0.05, 0.1) is 21.8 Å². The topological polar surface area (TPSA) is 67.6 Å². The highest BCUT2D eigenvalue weighted by Gasteiger charge is 2.33. The lowest BCUT2D eigenvalue weighted by molar-refractivity contribution is 0.202. The van der Waals surface area contributed by atoms with E-state index in [1.165, 1.54) is 22.2 Å². The number of benzene rings is 3. The molecule has 3 aromatic carbocycles. The summed E-state index contributed by atoms with van der Waals surface area (Å²) in [6.07, 6.45) is 0.961.